The Labute approximate surface area is 146 Å². The minimum Gasteiger partial charge on any atom is -0.422 e. The Morgan fingerprint density at radius 2 is 1.88 bits per heavy atom. The average Bonchev–Trinajstić information content (AvgIpc) is 2.86. The SMILES string of the molecule is O=C(CSCCN1CCCCCC1)c1cc2ccccc2oc1=O. The average molecular weight is 345 g/mol. The van der Waals surface area contributed by atoms with E-state index in [9.17, 15) is 9.59 Å². The third kappa shape index (κ3) is 4.48. The maximum absolute atomic E-state index is 12.3. The van der Waals surface area contributed by atoms with Crippen LogP contribution in [0.1, 0.15) is 36.0 Å². The number of hydrogen-bond donors (Lipinski definition) is 0. The maximum atomic E-state index is 12.3. The molecule has 0 aliphatic carbocycles. The van der Waals surface area contributed by atoms with Crippen LogP contribution >= 0.6 is 11.8 Å². The second-order valence-corrected chi connectivity index (χ2v) is 7.32. The minimum atomic E-state index is -0.535. The van der Waals surface area contributed by atoms with Gasteiger partial charge in [-0.2, -0.15) is 11.8 Å². The number of para-hydroxylation sites is 1. The van der Waals surface area contributed by atoms with Crippen LogP contribution in [0.25, 0.3) is 11.0 Å². The van der Waals surface area contributed by atoms with Gasteiger partial charge in [-0.25, -0.2) is 4.79 Å². The van der Waals surface area contributed by atoms with Crippen molar-refractivity contribution in [2.45, 2.75) is 25.7 Å². The molecular formula is C19H23NO3S. The number of benzene rings is 1. The fourth-order valence-electron chi connectivity index (χ4n) is 3.05. The second kappa shape index (κ2) is 8.49. The molecule has 1 saturated heterocycles. The van der Waals surface area contributed by atoms with E-state index in [2.05, 4.69) is 4.90 Å². The molecule has 0 amide bonds. The summed E-state index contributed by atoms with van der Waals surface area (Å²) in [6, 6.07) is 8.92. The van der Waals surface area contributed by atoms with E-state index in [0.29, 0.717) is 11.3 Å². The molecule has 3 rings (SSSR count). The van der Waals surface area contributed by atoms with Crippen LogP contribution in [0, 0.1) is 0 Å². The summed E-state index contributed by atoms with van der Waals surface area (Å²) in [4.78, 5) is 26.8. The fourth-order valence-corrected chi connectivity index (χ4v) is 3.92. The molecule has 0 bridgehead atoms. The predicted octanol–water partition coefficient (Wildman–Crippen LogP) is 3.58. The lowest BCUT2D eigenvalue weighted by Crippen LogP contribution is -2.27. The van der Waals surface area contributed by atoms with Gasteiger partial charge in [0.15, 0.2) is 5.78 Å². The van der Waals surface area contributed by atoms with Crippen LogP contribution in [0.3, 0.4) is 0 Å². The molecular weight excluding hydrogens is 322 g/mol. The van der Waals surface area contributed by atoms with Gasteiger partial charge in [-0.3, -0.25) is 4.79 Å². The van der Waals surface area contributed by atoms with Gasteiger partial charge in [0.2, 0.25) is 0 Å². The number of thioether (sulfide) groups is 1. The molecule has 0 radical (unpaired) electrons. The first kappa shape index (κ1) is 17.2. The Morgan fingerprint density at radius 3 is 2.67 bits per heavy atom. The Bertz CT molecular complexity index is 748. The zero-order chi connectivity index (χ0) is 16.8. The molecule has 2 aromatic rings. The number of ketones is 1. The van der Waals surface area contributed by atoms with Gasteiger partial charge in [0.25, 0.3) is 0 Å². The molecule has 24 heavy (non-hydrogen) atoms. The number of nitrogens with zero attached hydrogens (tertiary/aromatic N) is 1. The second-order valence-electron chi connectivity index (χ2n) is 6.22. The van der Waals surface area contributed by atoms with Crippen molar-refractivity contribution >= 4 is 28.5 Å². The normalized spacial score (nSPS) is 16.2. The zero-order valence-corrected chi connectivity index (χ0v) is 14.6. The lowest BCUT2D eigenvalue weighted by molar-refractivity contribution is 0.101. The monoisotopic (exact) mass is 345 g/mol. The highest BCUT2D eigenvalue weighted by atomic mass is 32.2. The van der Waals surface area contributed by atoms with Crippen LogP contribution in [0.15, 0.2) is 39.5 Å². The molecule has 0 N–H and O–H groups in total. The molecule has 0 spiro atoms. The number of carbonyl (C=O) groups excluding carboxylic acids is 1. The summed E-state index contributed by atoms with van der Waals surface area (Å²) in [5.74, 6) is 1.11. The molecule has 1 aliphatic heterocycles. The summed E-state index contributed by atoms with van der Waals surface area (Å²) in [6.45, 7) is 3.36. The van der Waals surface area contributed by atoms with Crippen LogP contribution in [0.2, 0.25) is 0 Å². The molecule has 1 aliphatic rings. The smallest absolute Gasteiger partial charge is 0.347 e. The summed E-state index contributed by atoms with van der Waals surface area (Å²) in [5, 5.41) is 0.787. The first-order valence-corrected chi connectivity index (χ1v) is 9.76. The number of Topliss-reactive ketones (excluding diaryl/α,β-unsaturated/α-hetero) is 1. The summed E-state index contributed by atoms with van der Waals surface area (Å²) in [5.41, 5.74) is 0.149. The van der Waals surface area contributed by atoms with Gasteiger partial charge in [0, 0.05) is 17.7 Å². The minimum absolute atomic E-state index is 0.143. The van der Waals surface area contributed by atoms with Crippen LogP contribution in [-0.2, 0) is 0 Å². The molecule has 1 aromatic heterocycles. The van der Waals surface area contributed by atoms with Gasteiger partial charge in [0.1, 0.15) is 11.1 Å². The van der Waals surface area contributed by atoms with Crippen molar-refractivity contribution in [1.29, 1.82) is 0 Å². The van der Waals surface area contributed by atoms with Crippen molar-refractivity contribution in [3.05, 3.63) is 46.3 Å². The summed E-state index contributed by atoms with van der Waals surface area (Å²) in [6.07, 6.45) is 5.23. The molecule has 128 valence electrons. The van der Waals surface area contributed by atoms with Gasteiger partial charge < -0.3 is 9.32 Å². The van der Waals surface area contributed by atoms with Crippen molar-refractivity contribution < 1.29 is 9.21 Å². The van der Waals surface area contributed by atoms with E-state index in [-0.39, 0.29) is 11.3 Å². The number of fused-ring (bicyclic) bond motifs is 1. The standard InChI is InChI=1S/C19H23NO3S/c21-17(14-24-12-11-20-9-5-1-2-6-10-20)16-13-15-7-3-4-8-18(15)23-19(16)22/h3-4,7-8,13H,1-2,5-6,9-12,14H2. The van der Waals surface area contributed by atoms with Crippen molar-refractivity contribution in [3.63, 3.8) is 0 Å². The maximum Gasteiger partial charge on any atom is 0.347 e. The third-order valence-corrected chi connectivity index (χ3v) is 5.36. The number of carbonyl (C=O) groups is 1. The van der Waals surface area contributed by atoms with E-state index in [1.807, 2.05) is 18.2 Å². The quantitative estimate of drug-likeness (QED) is 0.455. The van der Waals surface area contributed by atoms with Crippen LogP contribution in [0.5, 0.6) is 0 Å². The van der Waals surface area contributed by atoms with Crippen molar-refractivity contribution in [2.75, 3.05) is 31.1 Å². The first-order valence-electron chi connectivity index (χ1n) is 8.60. The number of likely N-dealkylation sites (tertiary alicyclic amines) is 1. The van der Waals surface area contributed by atoms with E-state index in [0.717, 1.165) is 17.7 Å². The molecule has 0 atom stereocenters. The molecule has 1 aromatic carbocycles. The molecule has 5 heteroatoms. The Kier molecular flexibility index (Phi) is 6.10. The summed E-state index contributed by atoms with van der Waals surface area (Å²) >= 11 is 1.60. The molecule has 1 fully saturated rings. The van der Waals surface area contributed by atoms with E-state index in [1.165, 1.54) is 38.8 Å². The third-order valence-electron chi connectivity index (χ3n) is 4.43. The Hall–Kier alpha value is -1.59. The largest absolute Gasteiger partial charge is 0.422 e. The summed E-state index contributed by atoms with van der Waals surface area (Å²) < 4.78 is 5.24. The molecule has 0 saturated carbocycles. The van der Waals surface area contributed by atoms with Crippen LogP contribution < -0.4 is 5.63 Å². The molecule has 4 nitrogen and oxygen atoms in total. The van der Waals surface area contributed by atoms with E-state index < -0.39 is 5.63 Å². The van der Waals surface area contributed by atoms with Crippen molar-refractivity contribution in [3.8, 4) is 0 Å². The Balaban J connectivity index is 1.53. The van der Waals surface area contributed by atoms with Crippen LogP contribution in [-0.4, -0.2) is 41.8 Å². The lowest BCUT2D eigenvalue weighted by atomic mass is 10.1. The fraction of sp³-hybridized carbons (Fsp3) is 0.474. The highest BCUT2D eigenvalue weighted by Crippen LogP contribution is 2.15. The van der Waals surface area contributed by atoms with Crippen molar-refractivity contribution in [1.82, 2.24) is 4.90 Å². The topological polar surface area (TPSA) is 50.5 Å². The van der Waals surface area contributed by atoms with Crippen LogP contribution in [0.4, 0.5) is 0 Å². The van der Waals surface area contributed by atoms with Gasteiger partial charge in [-0.15, -0.1) is 0 Å². The summed E-state index contributed by atoms with van der Waals surface area (Å²) in [7, 11) is 0. The highest BCUT2D eigenvalue weighted by Gasteiger charge is 2.14. The van der Waals surface area contributed by atoms with E-state index in [4.69, 9.17) is 4.42 Å². The van der Waals surface area contributed by atoms with E-state index >= 15 is 0 Å². The Morgan fingerprint density at radius 1 is 1.12 bits per heavy atom. The molecule has 2 heterocycles. The van der Waals surface area contributed by atoms with Gasteiger partial charge >= 0.3 is 5.63 Å². The van der Waals surface area contributed by atoms with Gasteiger partial charge in [0.05, 0.1) is 5.75 Å². The number of rotatable bonds is 6. The van der Waals surface area contributed by atoms with E-state index in [1.54, 1.807) is 23.9 Å². The molecule has 0 unspecified atom stereocenters. The lowest BCUT2D eigenvalue weighted by Gasteiger charge is -2.18. The predicted molar refractivity (Wildman–Crippen MR) is 99.0 cm³/mol. The number of hydrogen-bond acceptors (Lipinski definition) is 5. The zero-order valence-electron chi connectivity index (χ0n) is 13.8. The van der Waals surface area contributed by atoms with Crippen molar-refractivity contribution in [2.24, 2.45) is 0 Å². The highest BCUT2D eigenvalue weighted by molar-refractivity contribution is 8.00. The first-order chi connectivity index (χ1) is 11.7. The van der Waals surface area contributed by atoms with Gasteiger partial charge in [-0.1, -0.05) is 31.0 Å². The van der Waals surface area contributed by atoms with Gasteiger partial charge in [-0.05, 0) is 38.1 Å².